The van der Waals surface area contributed by atoms with Gasteiger partial charge in [-0.15, -0.1) is 0 Å². The van der Waals surface area contributed by atoms with Gasteiger partial charge >= 0.3 is 0 Å². The van der Waals surface area contributed by atoms with Gasteiger partial charge in [-0.25, -0.2) is 16.8 Å². The predicted octanol–water partition coefficient (Wildman–Crippen LogP) is 10.3. The van der Waals surface area contributed by atoms with Crippen molar-refractivity contribution in [1.82, 2.24) is 8.61 Å². The van der Waals surface area contributed by atoms with E-state index in [2.05, 4.69) is 0 Å². The number of benzene rings is 7. The summed E-state index contributed by atoms with van der Waals surface area (Å²) in [5, 5.41) is 20.5. The highest BCUT2D eigenvalue weighted by atomic mass is 32.2. The van der Waals surface area contributed by atoms with E-state index >= 15 is 0 Å². The van der Waals surface area contributed by atoms with Crippen molar-refractivity contribution in [3.05, 3.63) is 233 Å². The lowest BCUT2D eigenvalue weighted by atomic mass is 9.66. The Kier molecular flexibility index (Phi) is 7.66. The van der Waals surface area contributed by atoms with Gasteiger partial charge in [0.15, 0.2) is 0 Å². The average molecular weight is 1040 g/mol. The summed E-state index contributed by atoms with van der Waals surface area (Å²) in [6, 6.07) is -1.85. The molecule has 0 amide bonds. The predicted molar refractivity (Wildman–Crippen MR) is 275 cm³/mol. The molecule has 0 aromatic heterocycles. The quantitative estimate of drug-likeness (QED) is 0.108. The van der Waals surface area contributed by atoms with E-state index in [0.717, 1.165) is 36.4 Å². The second-order valence-electron chi connectivity index (χ2n) is 14.4. The largest absolute Gasteiger partial charge is 0.297 e. The molecule has 11 nitrogen and oxygen atoms in total. The van der Waals surface area contributed by atoms with Gasteiger partial charge in [0.1, 0.15) is 5.41 Å². The molecule has 364 valence electrons. The summed E-state index contributed by atoms with van der Waals surface area (Å²) in [6.45, 7) is -11.0. The summed E-state index contributed by atoms with van der Waals surface area (Å²) < 4.78 is 365. The molecule has 7 aromatic carbocycles. The molecule has 2 saturated heterocycles. The number of hydrogen-bond acceptors (Lipinski definition) is 9. The lowest BCUT2D eigenvalue weighted by Crippen LogP contribution is -2.38. The number of nitrogens with zero attached hydrogens (tertiary/aromatic N) is 4. The molecule has 2 fully saturated rings. The fraction of sp³-hybridized carbons (Fsp3) is 0.228. The van der Waals surface area contributed by atoms with Crippen LogP contribution in [0.4, 0.5) is 0 Å². The van der Waals surface area contributed by atoms with E-state index in [9.17, 15) is 37.1 Å². The molecule has 0 bridgehead atoms. The third kappa shape index (κ3) is 12.2. The van der Waals surface area contributed by atoms with Crippen LogP contribution in [0.5, 0.6) is 0 Å². The zero-order valence-corrected chi connectivity index (χ0v) is 39.3. The Morgan fingerprint density at radius 2 is 0.930 bits per heavy atom. The maximum atomic E-state index is 14.0. The van der Waals surface area contributed by atoms with Crippen LogP contribution >= 0.6 is 0 Å². The molecule has 9 rings (SSSR count). The lowest BCUT2D eigenvalue weighted by molar-refractivity contribution is 0.222. The molecule has 14 heteroatoms. The second kappa shape index (κ2) is 23.0. The van der Waals surface area contributed by atoms with E-state index in [0.29, 0.717) is 16.7 Å². The molecule has 0 saturated carbocycles. The number of sulfonamides is 2. The van der Waals surface area contributed by atoms with Crippen LogP contribution in [0.1, 0.15) is 104 Å². The molecule has 2 aliphatic rings. The third-order valence-electron chi connectivity index (χ3n) is 9.63. The monoisotopic (exact) mass is 1040 g/mol. The number of nitriles is 2. The van der Waals surface area contributed by atoms with Gasteiger partial charge in [0.2, 0.25) is 20.0 Å². The standard InChI is InChI=1S/C25H24N2O2S.C18H21NO5S2.C14H11N/c1-20-12-14-24(15-13-20)30(28,29)27-17-16-23(18-27)25(19-26,21-8-4-2-5-9-21)22-10-6-3-7-11-22;1-14-3-7-17(8-4-14)25(20,21)19-12-11-16(13-19)24-26(22,23)18-9-5-15(2)6-10-18;15-11-14(12-7-3-1-4-8-12)13-9-5-2-6-10-13/h2-15,23H,16-18H2,1H3;3-10,16H,11-13H2,1-2H3;1-10,14H/t23-;16-;/m10./s1/i2D,3D,4D,5D,6D,7D,8D,9D,10D,11D,16D2,17D2,18D2,23D;11D2,12D2,13D2,16D;1D,2D,3D,4D,5D,6D,7D,8D,9D,10D. The maximum absolute atomic E-state index is 14.0. The summed E-state index contributed by atoms with van der Waals surface area (Å²) in [5.74, 6) is -5.95. The van der Waals surface area contributed by atoms with Crippen LogP contribution in [0.2, 0.25) is 0 Å². The molecule has 0 spiro atoms. The molecule has 0 aliphatic carbocycles. The molecule has 2 heterocycles. The summed E-state index contributed by atoms with van der Waals surface area (Å²) in [5.41, 5.74) is -5.85. The summed E-state index contributed by atoms with van der Waals surface area (Å²) in [4.78, 5) is -1.88. The number of rotatable bonds is 12. The molecule has 0 unspecified atom stereocenters. The fourth-order valence-electron chi connectivity index (χ4n) is 5.96. The van der Waals surface area contributed by atoms with E-state index in [1.54, 1.807) is 26.8 Å². The molecular formula is C57H56N4O7S3. The Bertz CT molecular complexity index is 4950. The zero-order chi connectivity index (χ0) is 80.7. The molecule has 2 atom stereocenters. The Hall–Kier alpha value is -6.75. The van der Waals surface area contributed by atoms with Crippen LogP contribution in [0.15, 0.2) is 208 Å². The highest BCUT2D eigenvalue weighted by molar-refractivity contribution is 7.89. The topological polar surface area (TPSA) is 166 Å². The van der Waals surface area contributed by atoms with E-state index in [-0.39, 0.29) is 0 Å². The SMILES string of the molecule is [2H]C1([2H])N(S(=O)(=O)c2ccc(C)cc2)C([2H])([2H])[C@@]([2H])(OS(=O)(=O)c2ccc(C)cc2)C1([2H])[2H].[2H]c1c([2H])c([2H])c(C(C#N)(c2c([2H])c([2H])c([2H])c([2H])c2[2H])[C@@]2([2H])C([2H])([2H])N(S(=O)(=O)c3ccc(C)cc3)C([2H])([2H])C2([2H])[2H])c([2H])c1[2H].[2H]c1c([2H])c([2H])c(C(C#N)c2c([2H])c([2H])c([2H])c([2H])c2[2H])c([2H])c1[2H]. The average Bonchev–Trinajstić information content (AvgIpc) is 1.50. The molecule has 71 heavy (non-hydrogen) atoms. The first kappa shape index (κ1) is 23.7. The third-order valence-corrected chi connectivity index (χ3v) is 13.9. The van der Waals surface area contributed by atoms with Crippen molar-refractivity contribution in [2.45, 2.75) is 65.6 Å². The van der Waals surface area contributed by atoms with Gasteiger partial charge in [0.25, 0.3) is 10.1 Å². The fourth-order valence-corrected chi connectivity index (χ4v) is 8.96. The zero-order valence-electron chi connectivity index (χ0n) is 70.9. The molecule has 0 N–H and O–H groups in total. The normalized spacial score (nSPS) is 29.6. The van der Waals surface area contributed by atoms with Crippen LogP contribution in [-0.2, 0) is 39.8 Å². The summed E-state index contributed by atoms with van der Waals surface area (Å²) in [6.07, 6.45) is -11.9. The molecule has 0 radical (unpaired) electrons. The van der Waals surface area contributed by atoms with Crippen molar-refractivity contribution in [3.8, 4) is 12.1 Å². The lowest BCUT2D eigenvalue weighted by Gasteiger charge is -2.34. The van der Waals surface area contributed by atoms with Crippen LogP contribution in [0.3, 0.4) is 0 Å². The van der Waals surface area contributed by atoms with Crippen molar-refractivity contribution in [3.63, 3.8) is 0 Å². The van der Waals surface area contributed by atoms with Gasteiger partial charge in [-0.2, -0.15) is 27.6 Å². The van der Waals surface area contributed by atoms with E-state index in [1.165, 1.54) is 42.5 Å². The Morgan fingerprint density at radius 3 is 1.32 bits per heavy atom. The number of hydrogen-bond donors (Lipinski definition) is 0. The molecular weight excluding hydrogens is 949 g/mol. The van der Waals surface area contributed by atoms with Crippen LogP contribution in [-0.4, -0.2) is 65.9 Å². The second-order valence-corrected chi connectivity index (χ2v) is 19.5. The minimum absolute atomic E-state index is 0.424. The number of aryl methyl sites for hydroxylation is 3. The molecule has 2 aliphatic heterocycles. The van der Waals surface area contributed by atoms with Crippen molar-refractivity contribution in [2.24, 2.45) is 5.89 Å². The van der Waals surface area contributed by atoms with Gasteiger partial charge in [-0.05, 0) is 92.2 Å². The maximum Gasteiger partial charge on any atom is 0.297 e. The summed E-state index contributed by atoms with van der Waals surface area (Å²) in [7, 11) is -15.6. The highest BCUT2D eigenvalue weighted by Crippen LogP contribution is 2.44. The van der Waals surface area contributed by atoms with Crippen molar-refractivity contribution in [1.29, 1.82) is 10.5 Å². The Balaban J connectivity index is 0.000000232. The van der Waals surface area contributed by atoms with E-state index in [1.807, 2.05) is 0 Å². The Morgan fingerprint density at radius 1 is 0.563 bits per heavy atom. The summed E-state index contributed by atoms with van der Waals surface area (Å²) >= 11 is 0. The van der Waals surface area contributed by atoms with Crippen LogP contribution in [0, 0.1) is 49.3 Å². The Labute approximate surface area is 467 Å². The van der Waals surface area contributed by atoms with Gasteiger partial charge in [-0.1, -0.05) is 174 Å². The van der Waals surface area contributed by atoms with Gasteiger partial charge < -0.3 is 0 Å². The van der Waals surface area contributed by atoms with Gasteiger partial charge in [-0.3, -0.25) is 4.18 Å². The minimum atomic E-state index is -5.51. The van der Waals surface area contributed by atoms with Crippen molar-refractivity contribution in [2.75, 3.05) is 26.0 Å². The van der Waals surface area contributed by atoms with Gasteiger partial charge in [0, 0.05) is 49.7 Å². The van der Waals surface area contributed by atoms with Crippen molar-refractivity contribution < 1.29 is 76.0 Å². The van der Waals surface area contributed by atoms with Crippen LogP contribution in [0.25, 0.3) is 0 Å². The van der Waals surface area contributed by atoms with Crippen LogP contribution < -0.4 is 0 Å². The first-order valence-electron chi connectivity index (χ1n) is 37.0. The molecule has 7 aromatic rings. The van der Waals surface area contributed by atoms with E-state index in [4.69, 9.17) is 49.4 Å². The van der Waals surface area contributed by atoms with E-state index < -0.39 is 259 Å². The first-order valence-corrected chi connectivity index (χ1v) is 24.3. The highest BCUT2D eigenvalue weighted by Gasteiger charge is 2.48. The smallest absolute Gasteiger partial charge is 0.262 e. The minimum Gasteiger partial charge on any atom is -0.262 e. The van der Waals surface area contributed by atoms with Crippen molar-refractivity contribution >= 4 is 30.2 Å². The first-order chi connectivity index (χ1) is 47.7. The van der Waals surface area contributed by atoms with Gasteiger partial charge in [0.05, 0.1) is 67.6 Å².